The molecule has 2 N–H and O–H groups in total. The first kappa shape index (κ1) is 11.9. The average Bonchev–Trinajstić information content (AvgIpc) is 2.83. The molecule has 3 nitrogen and oxygen atoms in total. The summed E-state index contributed by atoms with van der Waals surface area (Å²) in [6.45, 7) is 1.37. The molecule has 0 bridgehead atoms. The molecule has 0 saturated heterocycles. The molecule has 3 rings (SSSR count). The lowest BCUT2D eigenvalue weighted by Crippen LogP contribution is -2.12. The fraction of sp³-hybridized carbons (Fsp3) is 0.133. The largest absolute Gasteiger partial charge is 0.346 e. The molecule has 0 amide bonds. The summed E-state index contributed by atoms with van der Waals surface area (Å²) in [5.41, 5.74) is 3.00. The van der Waals surface area contributed by atoms with Crippen molar-refractivity contribution in [1.29, 1.82) is 0 Å². The number of hydrogen-bond acceptors (Lipinski definition) is 2. The van der Waals surface area contributed by atoms with Crippen LogP contribution >= 0.6 is 0 Å². The molecule has 19 heavy (non-hydrogen) atoms. The topological polar surface area (TPSA) is 40.7 Å². The fourth-order valence-corrected chi connectivity index (χ4v) is 2.15. The van der Waals surface area contributed by atoms with Gasteiger partial charge in [-0.3, -0.25) is 0 Å². The molecule has 2 aromatic heterocycles. The Morgan fingerprint density at radius 3 is 3.00 bits per heavy atom. The van der Waals surface area contributed by atoms with Crippen LogP contribution in [0.2, 0.25) is 0 Å². The summed E-state index contributed by atoms with van der Waals surface area (Å²) in [7, 11) is 0. The highest BCUT2D eigenvalue weighted by atomic mass is 19.1. The van der Waals surface area contributed by atoms with Crippen LogP contribution in [0.1, 0.15) is 11.1 Å². The predicted molar refractivity (Wildman–Crippen MR) is 73.0 cm³/mol. The minimum Gasteiger partial charge on any atom is -0.346 e. The molecule has 96 valence electrons. The van der Waals surface area contributed by atoms with Crippen LogP contribution in [-0.2, 0) is 13.1 Å². The van der Waals surface area contributed by atoms with Crippen LogP contribution < -0.4 is 5.32 Å². The Morgan fingerprint density at radius 1 is 1.16 bits per heavy atom. The van der Waals surface area contributed by atoms with Crippen LogP contribution in [-0.4, -0.2) is 9.97 Å². The number of aromatic nitrogens is 2. The molecule has 0 radical (unpaired) electrons. The molecule has 2 heterocycles. The van der Waals surface area contributed by atoms with E-state index in [-0.39, 0.29) is 5.82 Å². The van der Waals surface area contributed by atoms with Crippen LogP contribution in [0.4, 0.5) is 4.39 Å². The van der Waals surface area contributed by atoms with Crippen LogP contribution in [0.3, 0.4) is 0 Å². The Labute approximate surface area is 110 Å². The highest BCUT2D eigenvalue weighted by Crippen LogP contribution is 2.15. The van der Waals surface area contributed by atoms with Crippen LogP contribution in [0, 0.1) is 5.82 Å². The molecule has 0 spiro atoms. The Morgan fingerprint density at radius 2 is 2.11 bits per heavy atom. The molecule has 0 aliphatic heterocycles. The lowest BCUT2D eigenvalue weighted by Gasteiger charge is -2.04. The quantitative estimate of drug-likeness (QED) is 0.752. The number of H-pyrrole nitrogens is 1. The monoisotopic (exact) mass is 255 g/mol. The molecule has 4 heteroatoms. The summed E-state index contributed by atoms with van der Waals surface area (Å²) in [6, 6.07) is 10.6. The summed E-state index contributed by atoms with van der Waals surface area (Å²) in [5, 5.41) is 4.43. The fourth-order valence-electron chi connectivity index (χ4n) is 2.15. The maximum Gasteiger partial charge on any atom is 0.137 e. The standard InChI is InChI=1S/C15H14FN3/c16-13-4-1-3-11(7-13)8-17-9-12-10-19-15-14(12)5-2-6-18-15/h1-7,10,17H,8-9H2,(H,18,19). The number of hydrogen-bond donors (Lipinski definition) is 2. The van der Waals surface area contributed by atoms with Gasteiger partial charge in [0.2, 0.25) is 0 Å². The minimum absolute atomic E-state index is 0.199. The van der Waals surface area contributed by atoms with E-state index in [9.17, 15) is 4.39 Å². The number of aromatic amines is 1. The van der Waals surface area contributed by atoms with Gasteiger partial charge in [-0.1, -0.05) is 12.1 Å². The zero-order valence-corrected chi connectivity index (χ0v) is 10.4. The summed E-state index contributed by atoms with van der Waals surface area (Å²) >= 11 is 0. The van der Waals surface area contributed by atoms with Crippen molar-refractivity contribution < 1.29 is 4.39 Å². The first-order valence-corrected chi connectivity index (χ1v) is 6.19. The predicted octanol–water partition coefficient (Wildman–Crippen LogP) is 2.99. The van der Waals surface area contributed by atoms with Gasteiger partial charge in [0.25, 0.3) is 0 Å². The van der Waals surface area contributed by atoms with Crippen molar-refractivity contribution in [3.8, 4) is 0 Å². The number of nitrogens with one attached hydrogen (secondary N) is 2. The van der Waals surface area contributed by atoms with Gasteiger partial charge in [-0.05, 0) is 35.4 Å². The second kappa shape index (κ2) is 5.20. The highest BCUT2D eigenvalue weighted by molar-refractivity contribution is 5.79. The maximum atomic E-state index is 13.0. The smallest absolute Gasteiger partial charge is 0.137 e. The number of pyridine rings is 1. The summed E-state index contributed by atoms with van der Waals surface area (Å²) in [4.78, 5) is 7.38. The molecular formula is C15H14FN3. The summed E-state index contributed by atoms with van der Waals surface area (Å²) in [6.07, 6.45) is 3.72. The first-order chi connectivity index (χ1) is 9.33. The van der Waals surface area contributed by atoms with Gasteiger partial charge in [0.05, 0.1) is 0 Å². The third-order valence-corrected chi connectivity index (χ3v) is 3.07. The second-order valence-corrected chi connectivity index (χ2v) is 4.45. The molecule has 0 saturated carbocycles. The van der Waals surface area contributed by atoms with Gasteiger partial charge in [-0.2, -0.15) is 0 Å². The van der Waals surface area contributed by atoms with Gasteiger partial charge >= 0.3 is 0 Å². The van der Waals surface area contributed by atoms with Crippen molar-refractivity contribution in [3.63, 3.8) is 0 Å². The SMILES string of the molecule is Fc1cccc(CNCc2c[nH]c3ncccc23)c1. The molecule has 0 atom stereocenters. The van der Waals surface area contributed by atoms with Crippen LogP contribution in [0.15, 0.2) is 48.8 Å². The normalized spacial score (nSPS) is 11.0. The molecule has 0 fully saturated rings. The van der Waals surface area contributed by atoms with Crippen molar-refractivity contribution in [3.05, 3.63) is 65.7 Å². The lowest BCUT2D eigenvalue weighted by molar-refractivity contribution is 0.620. The zero-order chi connectivity index (χ0) is 13.1. The summed E-state index contributed by atoms with van der Waals surface area (Å²) in [5.74, 6) is -0.199. The molecule has 0 aliphatic rings. The van der Waals surface area contributed by atoms with Crippen molar-refractivity contribution in [2.24, 2.45) is 0 Å². The van der Waals surface area contributed by atoms with E-state index in [1.54, 1.807) is 18.3 Å². The molecule has 1 aromatic carbocycles. The third-order valence-electron chi connectivity index (χ3n) is 3.07. The Kier molecular flexibility index (Phi) is 3.25. The lowest BCUT2D eigenvalue weighted by atomic mass is 10.2. The van der Waals surface area contributed by atoms with E-state index in [0.29, 0.717) is 6.54 Å². The van der Waals surface area contributed by atoms with Crippen LogP contribution in [0.5, 0.6) is 0 Å². The number of nitrogens with zero attached hydrogens (tertiary/aromatic N) is 1. The number of benzene rings is 1. The van der Waals surface area contributed by atoms with Crippen molar-refractivity contribution in [1.82, 2.24) is 15.3 Å². The number of fused-ring (bicyclic) bond motifs is 1. The van der Waals surface area contributed by atoms with Gasteiger partial charge in [-0.15, -0.1) is 0 Å². The van der Waals surface area contributed by atoms with Crippen molar-refractivity contribution >= 4 is 11.0 Å². The van der Waals surface area contributed by atoms with E-state index in [1.807, 2.05) is 24.4 Å². The van der Waals surface area contributed by atoms with Gasteiger partial charge < -0.3 is 10.3 Å². The molecule has 0 unspecified atom stereocenters. The number of halogens is 1. The van der Waals surface area contributed by atoms with Crippen molar-refractivity contribution in [2.45, 2.75) is 13.1 Å². The highest BCUT2D eigenvalue weighted by Gasteiger charge is 2.03. The third kappa shape index (κ3) is 2.63. The van der Waals surface area contributed by atoms with E-state index in [2.05, 4.69) is 15.3 Å². The van der Waals surface area contributed by atoms with E-state index in [1.165, 1.54) is 11.6 Å². The van der Waals surface area contributed by atoms with E-state index in [0.717, 1.165) is 23.1 Å². The Balaban J connectivity index is 1.66. The first-order valence-electron chi connectivity index (χ1n) is 6.19. The molecule has 0 aliphatic carbocycles. The Bertz CT molecular complexity index is 690. The van der Waals surface area contributed by atoms with E-state index < -0.39 is 0 Å². The maximum absolute atomic E-state index is 13.0. The van der Waals surface area contributed by atoms with Gasteiger partial charge in [0.1, 0.15) is 11.5 Å². The van der Waals surface area contributed by atoms with Gasteiger partial charge in [0.15, 0.2) is 0 Å². The zero-order valence-electron chi connectivity index (χ0n) is 10.4. The van der Waals surface area contributed by atoms with Gasteiger partial charge in [0, 0.05) is 30.9 Å². The molecule has 3 aromatic rings. The second-order valence-electron chi connectivity index (χ2n) is 4.45. The Hall–Kier alpha value is -2.20. The van der Waals surface area contributed by atoms with Crippen molar-refractivity contribution in [2.75, 3.05) is 0 Å². The average molecular weight is 255 g/mol. The molecular weight excluding hydrogens is 241 g/mol. The number of rotatable bonds is 4. The van der Waals surface area contributed by atoms with E-state index in [4.69, 9.17) is 0 Å². The summed E-state index contributed by atoms with van der Waals surface area (Å²) < 4.78 is 13.0. The van der Waals surface area contributed by atoms with Gasteiger partial charge in [-0.25, -0.2) is 9.37 Å². The van der Waals surface area contributed by atoms with Crippen LogP contribution in [0.25, 0.3) is 11.0 Å². The van der Waals surface area contributed by atoms with E-state index >= 15 is 0 Å². The minimum atomic E-state index is -0.199.